The molecule has 1 saturated heterocycles. The minimum atomic E-state index is -2.44. The van der Waals surface area contributed by atoms with Crippen LogP contribution >= 0.6 is 24.2 Å². The van der Waals surface area contributed by atoms with Gasteiger partial charge in [0.05, 0.1) is 0 Å². The maximum absolute atomic E-state index is 12.2. The van der Waals surface area contributed by atoms with Gasteiger partial charge in [0.25, 0.3) is 11.7 Å². The number of hydrogen-bond acceptors (Lipinski definition) is 3. The van der Waals surface area contributed by atoms with Crippen LogP contribution in [0.25, 0.3) is 0 Å². The fourth-order valence-electron chi connectivity index (χ4n) is 2.45. The van der Waals surface area contributed by atoms with Crippen LogP contribution in [0.3, 0.4) is 0 Å². The third kappa shape index (κ3) is 6.50. The maximum atomic E-state index is 12.2. The Kier molecular flexibility index (Phi) is 8.75. The monoisotopic (exact) mass is 350 g/mol. The van der Waals surface area contributed by atoms with E-state index in [9.17, 15) is 13.6 Å². The smallest absolute Gasteiger partial charge is 0.288 e. The Morgan fingerprint density at radius 3 is 2.68 bits per heavy atom. The molecule has 1 fully saturated rings. The number of piperidine rings is 1. The normalized spacial score (nSPS) is 17.9. The summed E-state index contributed by atoms with van der Waals surface area (Å²) < 4.78 is 24.4. The van der Waals surface area contributed by atoms with Gasteiger partial charge in [0.1, 0.15) is 0 Å². The molecule has 1 amide bonds. The molecule has 22 heavy (non-hydrogen) atoms. The van der Waals surface area contributed by atoms with Gasteiger partial charge in [-0.2, -0.15) is 8.78 Å². The Bertz CT molecular complexity index is 453. The summed E-state index contributed by atoms with van der Waals surface area (Å²) >= 11 is 0.483. The third-order valence-corrected chi connectivity index (χ3v) is 4.30. The van der Waals surface area contributed by atoms with Crippen molar-refractivity contribution in [2.24, 2.45) is 5.92 Å². The zero-order valence-corrected chi connectivity index (χ0v) is 13.8. The van der Waals surface area contributed by atoms with Crippen LogP contribution in [0.5, 0.6) is 0 Å². The zero-order valence-electron chi connectivity index (χ0n) is 12.2. The number of thioether (sulfide) groups is 1. The number of benzene rings is 1. The quantitative estimate of drug-likeness (QED) is 0.771. The van der Waals surface area contributed by atoms with E-state index >= 15 is 0 Å². The first-order valence-corrected chi connectivity index (χ1v) is 8.07. The SMILES string of the molecule is Cl.O=C(NCCC1CCCNC1)c1ccc(SC(F)F)cc1. The molecule has 1 aromatic carbocycles. The Balaban J connectivity index is 0.00000242. The molecule has 0 bridgehead atoms. The molecule has 2 rings (SSSR count). The third-order valence-electron chi connectivity index (χ3n) is 3.58. The fraction of sp³-hybridized carbons (Fsp3) is 0.533. The first-order valence-electron chi connectivity index (χ1n) is 7.19. The van der Waals surface area contributed by atoms with E-state index in [1.54, 1.807) is 24.3 Å². The Labute approximate surface area is 140 Å². The lowest BCUT2D eigenvalue weighted by atomic mass is 9.96. The summed E-state index contributed by atoms with van der Waals surface area (Å²) in [6.07, 6.45) is 3.38. The van der Waals surface area contributed by atoms with Crippen LogP contribution in [0.15, 0.2) is 29.2 Å². The highest BCUT2D eigenvalue weighted by molar-refractivity contribution is 7.99. The second kappa shape index (κ2) is 10.0. The van der Waals surface area contributed by atoms with Gasteiger partial charge in [-0.25, -0.2) is 0 Å². The second-order valence-electron chi connectivity index (χ2n) is 5.16. The van der Waals surface area contributed by atoms with Crippen molar-refractivity contribution >= 4 is 30.1 Å². The Morgan fingerprint density at radius 2 is 2.09 bits per heavy atom. The predicted molar refractivity (Wildman–Crippen MR) is 88.1 cm³/mol. The Morgan fingerprint density at radius 1 is 1.36 bits per heavy atom. The molecule has 0 saturated carbocycles. The van der Waals surface area contributed by atoms with Crippen molar-refractivity contribution in [1.82, 2.24) is 10.6 Å². The van der Waals surface area contributed by atoms with Gasteiger partial charge < -0.3 is 10.6 Å². The van der Waals surface area contributed by atoms with Gasteiger partial charge in [-0.3, -0.25) is 4.79 Å². The average molecular weight is 351 g/mol. The average Bonchev–Trinajstić information content (AvgIpc) is 2.48. The summed E-state index contributed by atoms with van der Waals surface area (Å²) in [4.78, 5) is 12.4. The van der Waals surface area contributed by atoms with E-state index in [0.29, 0.717) is 34.7 Å². The zero-order chi connectivity index (χ0) is 15.1. The molecule has 1 atom stereocenters. The van der Waals surface area contributed by atoms with Crippen molar-refractivity contribution in [2.45, 2.75) is 29.9 Å². The fourth-order valence-corrected chi connectivity index (χ4v) is 2.95. The van der Waals surface area contributed by atoms with Gasteiger partial charge in [0.2, 0.25) is 0 Å². The van der Waals surface area contributed by atoms with E-state index in [-0.39, 0.29) is 18.3 Å². The molecule has 1 aliphatic rings. The first-order chi connectivity index (χ1) is 10.1. The minimum absolute atomic E-state index is 0. The summed E-state index contributed by atoms with van der Waals surface area (Å²) in [6, 6.07) is 6.28. The number of rotatable bonds is 6. The van der Waals surface area contributed by atoms with Crippen LogP contribution < -0.4 is 10.6 Å². The number of alkyl halides is 2. The number of nitrogens with one attached hydrogen (secondary N) is 2. The van der Waals surface area contributed by atoms with Crippen LogP contribution in [0, 0.1) is 5.92 Å². The van der Waals surface area contributed by atoms with Crippen molar-refractivity contribution in [2.75, 3.05) is 19.6 Å². The van der Waals surface area contributed by atoms with Crippen LogP contribution in [0.2, 0.25) is 0 Å². The van der Waals surface area contributed by atoms with Crippen LogP contribution in [-0.2, 0) is 0 Å². The molecular formula is C15H21ClF2N2OS. The lowest BCUT2D eigenvalue weighted by molar-refractivity contribution is 0.0950. The molecule has 2 N–H and O–H groups in total. The van der Waals surface area contributed by atoms with E-state index < -0.39 is 5.76 Å². The molecular weight excluding hydrogens is 330 g/mol. The molecule has 0 aromatic heterocycles. The van der Waals surface area contributed by atoms with Crippen LogP contribution in [0.4, 0.5) is 8.78 Å². The number of hydrogen-bond donors (Lipinski definition) is 2. The van der Waals surface area contributed by atoms with Crippen molar-refractivity contribution < 1.29 is 13.6 Å². The molecule has 1 unspecified atom stereocenters. The number of halogens is 3. The lowest BCUT2D eigenvalue weighted by Gasteiger charge is -2.22. The summed E-state index contributed by atoms with van der Waals surface area (Å²) in [5.74, 6) is -1.95. The largest absolute Gasteiger partial charge is 0.352 e. The van der Waals surface area contributed by atoms with E-state index in [1.807, 2.05) is 0 Å². The molecule has 0 radical (unpaired) electrons. The van der Waals surface area contributed by atoms with Gasteiger partial charge in [-0.05, 0) is 62.5 Å². The molecule has 0 aliphatic carbocycles. The van der Waals surface area contributed by atoms with Crippen molar-refractivity contribution in [3.05, 3.63) is 29.8 Å². The highest BCUT2D eigenvalue weighted by Crippen LogP contribution is 2.25. The molecule has 1 aromatic rings. The van der Waals surface area contributed by atoms with E-state index in [0.717, 1.165) is 19.5 Å². The van der Waals surface area contributed by atoms with Crippen molar-refractivity contribution in [1.29, 1.82) is 0 Å². The first kappa shape index (κ1) is 19.2. The topological polar surface area (TPSA) is 41.1 Å². The summed E-state index contributed by atoms with van der Waals surface area (Å²) in [5, 5.41) is 6.23. The minimum Gasteiger partial charge on any atom is -0.352 e. The molecule has 0 spiro atoms. The van der Waals surface area contributed by atoms with Crippen LogP contribution in [-0.4, -0.2) is 31.3 Å². The number of amides is 1. The molecule has 1 aliphatic heterocycles. The summed E-state index contributed by atoms with van der Waals surface area (Å²) in [5.41, 5.74) is 0.510. The van der Waals surface area contributed by atoms with E-state index in [2.05, 4.69) is 10.6 Å². The molecule has 7 heteroatoms. The van der Waals surface area contributed by atoms with Gasteiger partial charge in [0.15, 0.2) is 0 Å². The standard InChI is InChI=1S/C15H20F2N2OS.ClH/c16-15(17)21-13-5-3-12(4-6-13)14(20)19-9-7-11-2-1-8-18-10-11;/h3-6,11,15,18H,1-2,7-10H2,(H,19,20);1H. The second-order valence-corrected chi connectivity index (χ2v) is 6.22. The Hall–Kier alpha value is -0.850. The maximum Gasteiger partial charge on any atom is 0.288 e. The molecule has 3 nitrogen and oxygen atoms in total. The summed E-state index contributed by atoms with van der Waals surface area (Å²) in [7, 11) is 0. The van der Waals surface area contributed by atoms with E-state index in [1.165, 1.54) is 12.8 Å². The van der Waals surface area contributed by atoms with Gasteiger partial charge in [0, 0.05) is 17.0 Å². The van der Waals surface area contributed by atoms with E-state index in [4.69, 9.17) is 0 Å². The summed E-state index contributed by atoms with van der Waals surface area (Å²) in [6.45, 7) is 2.76. The molecule has 1 heterocycles. The predicted octanol–water partition coefficient (Wildman–Crippen LogP) is 3.54. The van der Waals surface area contributed by atoms with Crippen LogP contribution in [0.1, 0.15) is 29.6 Å². The molecule has 124 valence electrons. The van der Waals surface area contributed by atoms with Gasteiger partial charge in [-0.15, -0.1) is 12.4 Å². The van der Waals surface area contributed by atoms with Crippen molar-refractivity contribution in [3.8, 4) is 0 Å². The number of carbonyl (C=O) groups excluding carboxylic acids is 1. The highest BCUT2D eigenvalue weighted by Gasteiger charge is 2.13. The highest BCUT2D eigenvalue weighted by atomic mass is 35.5. The van der Waals surface area contributed by atoms with Crippen molar-refractivity contribution in [3.63, 3.8) is 0 Å². The van der Waals surface area contributed by atoms with Gasteiger partial charge in [-0.1, -0.05) is 11.8 Å². The number of carbonyl (C=O) groups is 1. The van der Waals surface area contributed by atoms with Gasteiger partial charge >= 0.3 is 0 Å². The lowest BCUT2D eigenvalue weighted by Crippen LogP contribution is -2.33.